The number of hydrogen-bond donors (Lipinski definition) is 0. The van der Waals surface area contributed by atoms with E-state index in [1.54, 1.807) is 6.92 Å². The molecule has 1 saturated carbocycles. The predicted octanol–water partition coefficient (Wildman–Crippen LogP) is 3.27. The third kappa shape index (κ3) is 3.13. The maximum absolute atomic E-state index is 12.8. The Labute approximate surface area is 157 Å². The zero-order chi connectivity index (χ0) is 19.0. The van der Waals surface area contributed by atoms with Gasteiger partial charge in [0.2, 0.25) is 5.89 Å². The Morgan fingerprint density at radius 2 is 1.74 bits per heavy atom. The number of benzene rings is 1. The highest BCUT2D eigenvalue weighted by Crippen LogP contribution is 2.28. The molecule has 140 valence electrons. The lowest BCUT2D eigenvalue weighted by atomic mass is 9.94. The van der Waals surface area contributed by atoms with Crippen LogP contribution >= 0.6 is 0 Å². The minimum atomic E-state index is -0.783. The summed E-state index contributed by atoms with van der Waals surface area (Å²) in [6.07, 6.45) is 4.57. The van der Waals surface area contributed by atoms with E-state index >= 15 is 0 Å². The first-order valence-corrected chi connectivity index (χ1v) is 9.27. The molecule has 27 heavy (non-hydrogen) atoms. The molecule has 0 N–H and O–H groups in total. The number of rotatable bonds is 4. The molecular formula is C20H21N3O4. The van der Waals surface area contributed by atoms with Crippen molar-refractivity contribution in [3.63, 3.8) is 0 Å². The molecule has 1 aliphatic heterocycles. The Bertz CT molecular complexity index is 884. The van der Waals surface area contributed by atoms with Crippen LogP contribution in [0.2, 0.25) is 0 Å². The van der Waals surface area contributed by atoms with Crippen molar-refractivity contribution in [2.45, 2.75) is 51.6 Å². The average Bonchev–Trinajstić information content (AvgIpc) is 3.16. The van der Waals surface area contributed by atoms with Crippen molar-refractivity contribution >= 4 is 17.8 Å². The van der Waals surface area contributed by atoms with E-state index in [9.17, 15) is 14.4 Å². The van der Waals surface area contributed by atoms with Crippen molar-refractivity contribution < 1.29 is 18.8 Å². The Hall–Kier alpha value is -2.96. The predicted molar refractivity (Wildman–Crippen MR) is 96.3 cm³/mol. The number of oxazole rings is 1. The van der Waals surface area contributed by atoms with Crippen molar-refractivity contribution in [2.24, 2.45) is 0 Å². The highest BCUT2D eigenvalue weighted by Gasteiger charge is 2.48. The van der Waals surface area contributed by atoms with E-state index in [1.165, 1.54) is 0 Å². The lowest BCUT2D eigenvalue weighted by molar-refractivity contribution is -0.144. The molecule has 7 nitrogen and oxygen atoms in total. The zero-order valence-corrected chi connectivity index (χ0v) is 15.2. The summed E-state index contributed by atoms with van der Waals surface area (Å²) in [7, 11) is 0. The fraction of sp³-hybridized carbons (Fsp3) is 0.400. The lowest BCUT2D eigenvalue weighted by Crippen LogP contribution is -2.42. The second-order valence-corrected chi connectivity index (χ2v) is 7.03. The topological polar surface area (TPSA) is 83.7 Å². The number of hydrogen-bond acceptors (Lipinski definition) is 5. The van der Waals surface area contributed by atoms with Gasteiger partial charge in [-0.15, -0.1) is 0 Å². The summed E-state index contributed by atoms with van der Waals surface area (Å²) in [5, 5.41) is 0. The molecule has 4 rings (SSSR count). The number of carbonyl (C=O) groups is 3. The Kier molecular flexibility index (Phi) is 4.51. The summed E-state index contributed by atoms with van der Waals surface area (Å²) in [5.41, 5.74) is 1.29. The molecule has 1 aliphatic carbocycles. The van der Waals surface area contributed by atoms with Crippen LogP contribution in [0.25, 0.3) is 11.5 Å². The number of carbonyl (C=O) groups excluding carboxylic acids is 3. The van der Waals surface area contributed by atoms with E-state index < -0.39 is 17.8 Å². The minimum Gasteiger partial charge on any atom is -0.441 e. The summed E-state index contributed by atoms with van der Waals surface area (Å²) < 4.78 is 5.69. The summed E-state index contributed by atoms with van der Waals surface area (Å²) in [6, 6.07) is 8.68. The third-order valence-electron chi connectivity index (χ3n) is 5.25. The van der Waals surface area contributed by atoms with Crippen molar-refractivity contribution in [3.8, 4) is 11.5 Å². The van der Waals surface area contributed by atoms with E-state index in [1.807, 2.05) is 30.3 Å². The molecular weight excluding hydrogens is 346 g/mol. The Morgan fingerprint density at radius 1 is 1.04 bits per heavy atom. The first-order valence-electron chi connectivity index (χ1n) is 9.27. The summed E-state index contributed by atoms with van der Waals surface area (Å²) in [4.78, 5) is 44.1. The van der Waals surface area contributed by atoms with Gasteiger partial charge in [-0.2, -0.15) is 0 Å². The third-order valence-corrected chi connectivity index (χ3v) is 5.25. The van der Waals surface area contributed by atoms with Crippen molar-refractivity contribution in [1.29, 1.82) is 0 Å². The Balaban J connectivity index is 1.56. The molecule has 4 amide bonds. The largest absolute Gasteiger partial charge is 0.441 e. The van der Waals surface area contributed by atoms with Gasteiger partial charge in [-0.3, -0.25) is 14.5 Å². The van der Waals surface area contributed by atoms with Crippen LogP contribution in [-0.4, -0.2) is 38.7 Å². The number of nitrogens with zero attached hydrogens (tertiary/aromatic N) is 3. The fourth-order valence-corrected chi connectivity index (χ4v) is 3.75. The van der Waals surface area contributed by atoms with E-state index in [-0.39, 0.29) is 12.6 Å². The molecule has 0 radical (unpaired) electrons. The fourth-order valence-electron chi connectivity index (χ4n) is 3.75. The van der Waals surface area contributed by atoms with Crippen LogP contribution in [0.5, 0.6) is 0 Å². The van der Waals surface area contributed by atoms with Crippen LogP contribution in [0.3, 0.4) is 0 Å². The van der Waals surface area contributed by atoms with E-state index in [0.717, 1.165) is 47.5 Å². The number of aromatic nitrogens is 1. The van der Waals surface area contributed by atoms with Gasteiger partial charge in [0.05, 0.1) is 6.54 Å². The lowest BCUT2D eigenvalue weighted by Gasteiger charge is -2.28. The van der Waals surface area contributed by atoms with Gasteiger partial charge in [-0.05, 0) is 31.9 Å². The molecule has 1 saturated heterocycles. The molecule has 0 atom stereocenters. The molecule has 7 heteroatoms. The summed E-state index contributed by atoms with van der Waals surface area (Å²) in [5.74, 6) is -0.554. The van der Waals surface area contributed by atoms with Gasteiger partial charge in [0.1, 0.15) is 11.5 Å². The molecule has 1 aromatic carbocycles. The molecule has 2 heterocycles. The SMILES string of the molecule is Cc1oc(-c2ccccc2)nc1CN1C(=O)C(=O)N(C2CCCCC2)C1=O. The second kappa shape index (κ2) is 6.98. The van der Waals surface area contributed by atoms with Crippen LogP contribution in [0.15, 0.2) is 34.7 Å². The van der Waals surface area contributed by atoms with Gasteiger partial charge in [-0.25, -0.2) is 14.7 Å². The second-order valence-electron chi connectivity index (χ2n) is 7.03. The molecule has 0 bridgehead atoms. The zero-order valence-electron chi connectivity index (χ0n) is 15.2. The number of imide groups is 2. The molecule has 1 aromatic heterocycles. The summed E-state index contributed by atoms with van der Waals surface area (Å²) >= 11 is 0. The van der Waals surface area contributed by atoms with Gasteiger partial charge in [0.15, 0.2) is 0 Å². The first-order chi connectivity index (χ1) is 13.1. The molecule has 0 spiro atoms. The first kappa shape index (κ1) is 17.5. The maximum Gasteiger partial charge on any atom is 0.334 e. The van der Waals surface area contributed by atoms with Crippen LogP contribution in [-0.2, 0) is 16.1 Å². The van der Waals surface area contributed by atoms with E-state index in [4.69, 9.17) is 4.42 Å². The standard InChI is InChI=1S/C20H21N3O4/c1-13-16(21-17(27-13)14-8-4-2-5-9-14)12-22-18(24)19(25)23(20(22)26)15-10-6-3-7-11-15/h2,4-5,8-9,15H,3,6-7,10-12H2,1H3. The molecule has 0 unspecified atom stereocenters. The smallest absolute Gasteiger partial charge is 0.334 e. The average molecular weight is 367 g/mol. The maximum atomic E-state index is 12.8. The number of amides is 4. The highest BCUT2D eigenvalue weighted by molar-refractivity contribution is 6.44. The highest BCUT2D eigenvalue weighted by atomic mass is 16.4. The van der Waals surface area contributed by atoms with Gasteiger partial charge in [-0.1, -0.05) is 37.5 Å². The van der Waals surface area contributed by atoms with Gasteiger partial charge in [0.25, 0.3) is 0 Å². The van der Waals surface area contributed by atoms with Gasteiger partial charge < -0.3 is 4.42 Å². The quantitative estimate of drug-likeness (QED) is 0.612. The normalized spacial score (nSPS) is 18.6. The Morgan fingerprint density at radius 3 is 2.44 bits per heavy atom. The van der Waals surface area contributed by atoms with E-state index in [2.05, 4.69) is 4.98 Å². The molecule has 2 aromatic rings. The minimum absolute atomic E-state index is 0.0607. The number of urea groups is 1. The van der Waals surface area contributed by atoms with Crippen LogP contribution < -0.4 is 0 Å². The van der Waals surface area contributed by atoms with Crippen molar-refractivity contribution in [3.05, 3.63) is 41.8 Å². The summed E-state index contributed by atoms with van der Waals surface area (Å²) in [6.45, 7) is 1.68. The van der Waals surface area contributed by atoms with E-state index in [0.29, 0.717) is 17.3 Å². The molecule has 2 fully saturated rings. The van der Waals surface area contributed by atoms with Crippen molar-refractivity contribution in [2.75, 3.05) is 0 Å². The monoisotopic (exact) mass is 367 g/mol. The van der Waals surface area contributed by atoms with Gasteiger partial charge in [0, 0.05) is 11.6 Å². The van der Waals surface area contributed by atoms with Gasteiger partial charge >= 0.3 is 17.8 Å². The number of aryl methyl sites for hydroxylation is 1. The van der Waals surface area contributed by atoms with Crippen molar-refractivity contribution in [1.82, 2.24) is 14.8 Å². The molecule has 2 aliphatic rings. The van der Waals surface area contributed by atoms with Crippen LogP contribution in [0.1, 0.15) is 43.6 Å². The van der Waals surface area contributed by atoms with Crippen LogP contribution in [0.4, 0.5) is 4.79 Å². The van der Waals surface area contributed by atoms with Crippen LogP contribution in [0, 0.1) is 6.92 Å².